The van der Waals surface area contributed by atoms with Gasteiger partial charge in [-0.2, -0.15) is 0 Å². The molecule has 0 bridgehead atoms. The second-order valence-electron chi connectivity index (χ2n) is 10.5. The van der Waals surface area contributed by atoms with Crippen LogP contribution in [0.4, 0.5) is 21.0 Å². The SMILES string of the molecule is CN(C(=O)OC(C)(C)C)C1CCCN(c2c(Br)cnc3c2c(NC(=O)c2ccc(=O)n(C)c2)cn3C(=O)O)C1. The van der Waals surface area contributed by atoms with E-state index in [4.69, 9.17) is 4.74 Å². The largest absolute Gasteiger partial charge is 0.464 e. The van der Waals surface area contributed by atoms with Crippen LogP contribution in [-0.4, -0.2) is 74.0 Å². The molecular formula is C26H31BrN6O6. The summed E-state index contributed by atoms with van der Waals surface area (Å²) in [4.78, 5) is 57.7. The molecule has 4 rings (SSSR count). The molecule has 208 valence electrons. The van der Waals surface area contributed by atoms with Crippen molar-refractivity contribution in [3.05, 3.63) is 51.1 Å². The lowest BCUT2D eigenvalue weighted by molar-refractivity contribution is 0.0209. The molecule has 0 radical (unpaired) electrons. The minimum Gasteiger partial charge on any atom is -0.464 e. The lowest BCUT2D eigenvalue weighted by atomic mass is 10.0. The number of nitrogens with one attached hydrogen (secondary N) is 1. The third-order valence-electron chi connectivity index (χ3n) is 6.49. The third-order valence-corrected chi connectivity index (χ3v) is 7.07. The van der Waals surface area contributed by atoms with Crippen molar-refractivity contribution in [3.8, 4) is 0 Å². The Morgan fingerprint density at radius 2 is 1.95 bits per heavy atom. The number of aromatic nitrogens is 3. The highest BCUT2D eigenvalue weighted by Gasteiger charge is 2.32. The first-order chi connectivity index (χ1) is 18.3. The van der Waals surface area contributed by atoms with Crippen molar-refractivity contribution in [2.24, 2.45) is 7.05 Å². The van der Waals surface area contributed by atoms with Gasteiger partial charge >= 0.3 is 12.2 Å². The van der Waals surface area contributed by atoms with Gasteiger partial charge in [0.05, 0.1) is 32.8 Å². The van der Waals surface area contributed by atoms with E-state index in [9.17, 15) is 24.3 Å². The number of carbonyl (C=O) groups excluding carboxylic acids is 2. The van der Waals surface area contributed by atoms with Crippen molar-refractivity contribution in [2.75, 3.05) is 30.4 Å². The molecule has 13 heteroatoms. The fourth-order valence-electron chi connectivity index (χ4n) is 4.58. The second-order valence-corrected chi connectivity index (χ2v) is 11.4. The maximum absolute atomic E-state index is 13.1. The predicted molar refractivity (Wildman–Crippen MR) is 150 cm³/mol. The van der Waals surface area contributed by atoms with Crippen LogP contribution in [0.15, 0.2) is 40.0 Å². The van der Waals surface area contributed by atoms with Gasteiger partial charge in [-0.3, -0.25) is 9.59 Å². The molecule has 1 fully saturated rings. The van der Waals surface area contributed by atoms with Gasteiger partial charge in [0.1, 0.15) is 5.60 Å². The van der Waals surface area contributed by atoms with Gasteiger partial charge in [-0.25, -0.2) is 19.1 Å². The van der Waals surface area contributed by atoms with Gasteiger partial charge in [0.15, 0.2) is 5.65 Å². The summed E-state index contributed by atoms with van der Waals surface area (Å²) < 4.78 is 8.40. The fourth-order valence-corrected chi connectivity index (χ4v) is 5.14. The van der Waals surface area contributed by atoms with Crippen LogP contribution in [0.1, 0.15) is 44.0 Å². The molecule has 0 saturated carbocycles. The fraction of sp³-hybridized carbons (Fsp3) is 0.423. The number of pyridine rings is 2. The molecule has 1 aliphatic rings. The number of ether oxygens (including phenoxy) is 1. The van der Waals surface area contributed by atoms with Gasteiger partial charge in [-0.05, 0) is 55.6 Å². The summed E-state index contributed by atoms with van der Waals surface area (Å²) in [7, 11) is 3.24. The maximum atomic E-state index is 13.1. The van der Waals surface area contributed by atoms with Gasteiger partial charge in [0.25, 0.3) is 5.91 Å². The molecule has 1 saturated heterocycles. The summed E-state index contributed by atoms with van der Waals surface area (Å²) in [6, 6.07) is 2.53. The number of nitrogens with zero attached hydrogens (tertiary/aromatic N) is 5. The van der Waals surface area contributed by atoms with E-state index >= 15 is 0 Å². The van der Waals surface area contributed by atoms with Gasteiger partial charge in [0, 0.05) is 51.8 Å². The van der Waals surface area contributed by atoms with E-state index in [0.717, 1.165) is 17.4 Å². The highest BCUT2D eigenvalue weighted by atomic mass is 79.9. The molecular weight excluding hydrogens is 572 g/mol. The topological polar surface area (TPSA) is 139 Å². The molecule has 0 aliphatic carbocycles. The summed E-state index contributed by atoms with van der Waals surface area (Å²) in [5.74, 6) is -0.512. The smallest absolute Gasteiger partial charge is 0.417 e. The van der Waals surface area contributed by atoms with Crippen LogP contribution in [0.3, 0.4) is 0 Å². The van der Waals surface area contributed by atoms with Crippen molar-refractivity contribution in [2.45, 2.75) is 45.3 Å². The monoisotopic (exact) mass is 602 g/mol. The zero-order valence-corrected chi connectivity index (χ0v) is 24.0. The van der Waals surface area contributed by atoms with Gasteiger partial charge in [-0.15, -0.1) is 0 Å². The van der Waals surface area contributed by atoms with Crippen LogP contribution in [0.5, 0.6) is 0 Å². The van der Waals surface area contributed by atoms with Crippen molar-refractivity contribution >= 4 is 56.4 Å². The van der Waals surface area contributed by atoms with Crippen LogP contribution in [-0.2, 0) is 11.8 Å². The van der Waals surface area contributed by atoms with Gasteiger partial charge < -0.3 is 29.5 Å². The highest BCUT2D eigenvalue weighted by molar-refractivity contribution is 9.10. The van der Waals surface area contributed by atoms with Gasteiger partial charge in [0.2, 0.25) is 5.56 Å². The van der Waals surface area contributed by atoms with E-state index in [1.165, 1.54) is 42.3 Å². The Kier molecular flexibility index (Phi) is 7.73. The zero-order valence-electron chi connectivity index (χ0n) is 22.4. The number of aryl methyl sites for hydroxylation is 1. The summed E-state index contributed by atoms with van der Waals surface area (Å²) in [6.07, 6.45) is 4.10. The number of rotatable bonds is 4. The van der Waals surface area contributed by atoms with Crippen LogP contribution in [0, 0.1) is 0 Å². The molecule has 0 spiro atoms. The number of hydrogen-bond donors (Lipinski definition) is 2. The average Bonchev–Trinajstić information content (AvgIpc) is 3.22. The first kappa shape index (κ1) is 28.1. The third kappa shape index (κ3) is 5.92. The molecule has 39 heavy (non-hydrogen) atoms. The van der Waals surface area contributed by atoms with E-state index < -0.39 is 23.7 Å². The number of halogens is 1. The number of piperidine rings is 1. The lowest BCUT2D eigenvalue weighted by Gasteiger charge is -2.39. The van der Waals surface area contributed by atoms with Gasteiger partial charge in [-0.1, -0.05) is 0 Å². The maximum Gasteiger partial charge on any atom is 0.417 e. The van der Waals surface area contributed by atoms with Crippen molar-refractivity contribution < 1.29 is 24.2 Å². The Labute approximate surface area is 233 Å². The number of carbonyl (C=O) groups is 3. The molecule has 12 nitrogen and oxygen atoms in total. The van der Waals surface area contributed by atoms with Crippen LogP contribution in [0.2, 0.25) is 0 Å². The molecule has 1 unspecified atom stereocenters. The summed E-state index contributed by atoms with van der Waals surface area (Å²) >= 11 is 3.57. The highest BCUT2D eigenvalue weighted by Crippen LogP contribution is 2.40. The van der Waals surface area contributed by atoms with Crippen molar-refractivity contribution in [1.29, 1.82) is 0 Å². The van der Waals surface area contributed by atoms with Crippen LogP contribution in [0.25, 0.3) is 11.0 Å². The van der Waals surface area contributed by atoms with Crippen LogP contribution < -0.4 is 15.8 Å². The Balaban J connectivity index is 1.74. The number of likely N-dealkylation sites (N-methyl/N-ethyl adjacent to an activating group) is 1. The molecule has 0 aromatic carbocycles. The van der Waals surface area contributed by atoms with Crippen molar-refractivity contribution in [1.82, 2.24) is 19.0 Å². The lowest BCUT2D eigenvalue weighted by Crippen LogP contribution is -2.50. The molecule has 2 N–H and O–H groups in total. The molecule has 1 atom stereocenters. The van der Waals surface area contributed by atoms with E-state index in [0.29, 0.717) is 28.6 Å². The number of fused-ring (bicyclic) bond motifs is 1. The van der Waals surface area contributed by atoms with Crippen LogP contribution >= 0.6 is 15.9 Å². The number of hydrogen-bond acceptors (Lipinski definition) is 7. The van der Waals surface area contributed by atoms with E-state index in [2.05, 4.69) is 31.1 Å². The Bertz CT molecular complexity index is 1510. The Morgan fingerprint density at radius 3 is 2.59 bits per heavy atom. The first-order valence-corrected chi connectivity index (χ1v) is 13.2. The second kappa shape index (κ2) is 10.7. The minimum atomic E-state index is -1.26. The van der Waals surface area contributed by atoms with E-state index in [1.54, 1.807) is 11.9 Å². The zero-order chi connectivity index (χ0) is 28.6. The van der Waals surface area contributed by atoms with E-state index in [1.807, 2.05) is 20.8 Å². The normalized spacial score (nSPS) is 15.7. The molecule has 3 aromatic rings. The molecule has 1 aliphatic heterocycles. The molecule has 4 heterocycles. The summed E-state index contributed by atoms with van der Waals surface area (Å²) in [5, 5.41) is 13.1. The average molecular weight is 603 g/mol. The molecule has 2 amide bonds. The van der Waals surface area contributed by atoms with Crippen molar-refractivity contribution in [3.63, 3.8) is 0 Å². The first-order valence-electron chi connectivity index (χ1n) is 12.4. The number of carboxylic acid groups (broad SMARTS) is 1. The van der Waals surface area contributed by atoms with E-state index in [-0.39, 0.29) is 28.5 Å². The summed E-state index contributed by atoms with van der Waals surface area (Å²) in [6.45, 7) is 6.54. The number of amides is 2. The standard InChI is InChI=1S/C26H31BrN6O6/c1-26(2,3)39-25(38)31(5)16-7-6-10-32(13-16)21-17(27)11-28-22-20(21)18(14-33(22)24(36)37)29-23(35)15-8-9-19(34)30(4)12-15/h8-9,11-12,14,16H,6-7,10,13H2,1-5H3,(H,29,35)(H,36,37). The Morgan fingerprint density at radius 1 is 1.23 bits per heavy atom. The number of anilines is 2. The molecule has 3 aromatic heterocycles. The minimum absolute atomic E-state index is 0.152. The predicted octanol–water partition coefficient (Wildman–Crippen LogP) is 4.11. The quantitative estimate of drug-likeness (QED) is 0.455. The summed E-state index contributed by atoms with van der Waals surface area (Å²) in [5.41, 5.74) is 0.392. The Hall–Kier alpha value is -3.87.